The number of nitrogens with one attached hydrogen (secondary N) is 1. The molecular weight excluding hydrogens is 262 g/mol. The van der Waals surface area contributed by atoms with Crippen LogP contribution < -0.4 is 5.32 Å². The van der Waals surface area contributed by atoms with Gasteiger partial charge < -0.3 is 9.73 Å². The van der Waals surface area contributed by atoms with Crippen LogP contribution >= 0.6 is 0 Å². The average molecular weight is 283 g/mol. The van der Waals surface area contributed by atoms with E-state index in [4.69, 9.17) is 4.42 Å². The highest BCUT2D eigenvalue weighted by Gasteiger charge is 2.29. The van der Waals surface area contributed by atoms with Gasteiger partial charge in [0.15, 0.2) is 0 Å². The fourth-order valence-corrected chi connectivity index (χ4v) is 2.20. The number of anilines is 1. The van der Waals surface area contributed by atoms with Gasteiger partial charge in [-0.3, -0.25) is 0 Å². The van der Waals surface area contributed by atoms with E-state index in [-0.39, 0.29) is 11.5 Å². The van der Waals surface area contributed by atoms with Crippen molar-refractivity contribution in [2.24, 2.45) is 5.41 Å². The van der Waals surface area contributed by atoms with Crippen molar-refractivity contribution in [2.45, 2.75) is 40.2 Å². The number of aryl methyl sites for hydroxylation is 1. The highest BCUT2D eigenvalue weighted by molar-refractivity contribution is 5.52. The van der Waals surface area contributed by atoms with Gasteiger partial charge in [-0.2, -0.15) is 5.26 Å². The summed E-state index contributed by atoms with van der Waals surface area (Å²) < 4.78 is 5.89. The summed E-state index contributed by atoms with van der Waals surface area (Å²) in [5.41, 5.74) is 0.460. The minimum absolute atomic E-state index is 0.0557. The Morgan fingerprint density at radius 2 is 2.10 bits per heavy atom. The second-order valence-corrected chi connectivity index (χ2v) is 6.11. The second kappa shape index (κ2) is 6.01. The molecule has 0 aromatic carbocycles. The Kier molecular flexibility index (Phi) is 4.32. The first kappa shape index (κ1) is 15.1. The maximum atomic E-state index is 9.19. The van der Waals surface area contributed by atoms with Crippen molar-refractivity contribution in [3.05, 3.63) is 47.5 Å². The smallest absolute Gasteiger partial charge is 0.144 e. The molecule has 0 bridgehead atoms. The first-order valence-electron chi connectivity index (χ1n) is 7.16. The summed E-state index contributed by atoms with van der Waals surface area (Å²) in [5, 5.41) is 12.6. The lowest BCUT2D eigenvalue weighted by atomic mass is 9.85. The molecule has 2 heterocycles. The van der Waals surface area contributed by atoms with E-state index in [2.05, 4.69) is 44.1 Å². The van der Waals surface area contributed by atoms with Gasteiger partial charge in [0, 0.05) is 12.6 Å². The van der Waals surface area contributed by atoms with Crippen LogP contribution in [0, 0.1) is 16.7 Å². The van der Waals surface area contributed by atoms with Crippen LogP contribution in [0.4, 0.5) is 5.82 Å². The molecule has 4 heteroatoms. The Labute approximate surface area is 125 Å². The number of nitriles is 1. The van der Waals surface area contributed by atoms with E-state index < -0.39 is 0 Å². The first-order valence-corrected chi connectivity index (χ1v) is 7.16. The molecule has 0 radical (unpaired) electrons. The molecule has 110 valence electrons. The number of hydrogen-bond acceptors (Lipinski definition) is 4. The Hall–Kier alpha value is -2.28. The molecule has 1 unspecified atom stereocenters. The third kappa shape index (κ3) is 3.43. The molecule has 0 spiro atoms. The Morgan fingerprint density at radius 1 is 1.33 bits per heavy atom. The number of aromatic nitrogens is 1. The maximum absolute atomic E-state index is 9.19. The van der Waals surface area contributed by atoms with E-state index in [1.54, 1.807) is 18.3 Å². The number of hydrogen-bond donors (Lipinski definition) is 1. The molecule has 0 amide bonds. The average Bonchev–Trinajstić information content (AvgIpc) is 2.92. The quantitative estimate of drug-likeness (QED) is 0.908. The normalized spacial score (nSPS) is 12.7. The predicted molar refractivity (Wildman–Crippen MR) is 82.9 cm³/mol. The molecule has 1 atom stereocenters. The minimum atomic E-state index is -0.0763. The van der Waals surface area contributed by atoms with Crippen LogP contribution in [0.3, 0.4) is 0 Å². The molecule has 2 rings (SSSR count). The molecule has 1 N–H and O–H groups in total. The van der Waals surface area contributed by atoms with Gasteiger partial charge in [0.05, 0.1) is 11.6 Å². The molecule has 0 saturated carbocycles. The largest absolute Gasteiger partial charge is 0.464 e. The predicted octanol–water partition coefficient (Wildman–Crippen LogP) is 4.31. The molecule has 0 saturated heterocycles. The van der Waals surface area contributed by atoms with Crippen molar-refractivity contribution >= 4 is 5.82 Å². The van der Waals surface area contributed by atoms with Gasteiger partial charge in [-0.1, -0.05) is 27.7 Å². The van der Waals surface area contributed by atoms with Crippen LogP contribution in [-0.2, 0) is 6.42 Å². The summed E-state index contributed by atoms with van der Waals surface area (Å²) in [6, 6.07) is 9.63. The SMILES string of the molecule is CCc1ccc(C(Nc2ncccc2C#N)C(C)(C)C)o1. The molecule has 2 aromatic heterocycles. The summed E-state index contributed by atoms with van der Waals surface area (Å²) in [6.07, 6.45) is 2.55. The van der Waals surface area contributed by atoms with E-state index >= 15 is 0 Å². The van der Waals surface area contributed by atoms with Crippen LogP contribution in [0.1, 0.15) is 50.8 Å². The van der Waals surface area contributed by atoms with Crippen LogP contribution in [0.25, 0.3) is 0 Å². The van der Waals surface area contributed by atoms with Crippen molar-refractivity contribution in [2.75, 3.05) is 5.32 Å². The van der Waals surface area contributed by atoms with E-state index in [9.17, 15) is 5.26 Å². The van der Waals surface area contributed by atoms with Gasteiger partial charge in [0.2, 0.25) is 0 Å². The number of nitrogens with zero attached hydrogens (tertiary/aromatic N) is 2. The number of furan rings is 1. The molecular formula is C17H21N3O. The van der Waals surface area contributed by atoms with E-state index in [1.807, 2.05) is 12.1 Å². The highest BCUT2D eigenvalue weighted by Crippen LogP contribution is 2.36. The topological polar surface area (TPSA) is 61.9 Å². The molecule has 2 aromatic rings. The summed E-state index contributed by atoms with van der Waals surface area (Å²) in [4.78, 5) is 4.28. The van der Waals surface area contributed by atoms with E-state index in [1.165, 1.54) is 0 Å². The van der Waals surface area contributed by atoms with Crippen LogP contribution in [0.5, 0.6) is 0 Å². The molecule has 0 fully saturated rings. The van der Waals surface area contributed by atoms with Crippen LogP contribution in [-0.4, -0.2) is 4.98 Å². The van der Waals surface area contributed by atoms with E-state index in [0.29, 0.717) is 11.4 Å². The van der Waals surface area contributed by atoms with Crippen molar-refractivity contribution < 1.29 is 4.42 Å². The Morgan fingerprint density at radius 3 is 2.67 bits per heavy atom. The van der Waals surface area contributed by atoms with Gasteiger partial charge in [-0.15, -0.1) is 0 Å². The summed E-state index contributed by atoms with van der Waals surface area (Å²) in [7, 11) is 0. The third-order valence-corrected chi connectivity index (χ3v) is 3.39. The fraction of sp³-hybridized carbons (Fsp3) is 0.412. The minimum Gasteiger partial charge on any atom is -0.464 e. The van der Waals surface area contributed by atoms with Crippen molar-refractivity contribution in [1.29, 1.82) is 5.26 Å². The molecule has 0 aliphatic rings. The summed E-state index contributed by atoms with van der Waals surface area (Å²) in [6.45, 7) is 8.46. The number of pyridine rings is 1. The Balaban J connectivity index is 2.36. The zero-order valence-electron chi connectivity index (χ0n) is 13.0. The Bertz CT molecular complexity index is 647. The fourth-order valence-electron chi connectivity index (χ4n) is 2.20. The van der Waals surface area contributed by atoms with E-state index in [0.717, 1.165) is 17.9 Å². The first-order chi connectivity index (χ1) is 9.95. The lowest BCUT2D eigenvalue weighted by Gasteiger charge is -2.30. The van der Waals surface area contributed by atoms with Crippen molar-refractivity contribution in [1.82, 2.24) is 4.98 Å². The van der Waals surface area contributed by atoms with Gasteiger partial charge in [-0.05, 0) is 29.7 Å². The summed E-state index contributed by atoms with van der Waals surface area (Å²) in [5.74, 6) is 2.42. The van der Waals surface area contributed by atoms with Gasteiger partial charge in [0.1, 0.15) is 23.4 Å². The van der Waals surface area contributed by atoms with Gasteiger partial charge in [0.25, 0.3) is 0 Å². The van der Waals surface area contributed by atoms with Crippen molar-refractivity contribution in [3.8, 4) is 6.07 Å². The second-order valence-electron chi connectivity index (χ2n) is 6.11. The van der Waals surface area contributed by atoms with Gasteiger partial charge >= 0.3 is 0 Å². The lowest BCUT2D eigenvalue weighted by Crippen LogP contribution is -2.26. The van der Waals surface area contributed by atoms with Crippen LogP contribution in [0.2, 0.25) is 0 Å². The van der Waals surface area contributed by atoms with Crippen LogP contribution in [0.15, 0.2) is 34.9 Å². The maximum Gasteiger partial charge on any atom is 0.144 e. The molecule has 0 aliphatic heterocycles. The monoisotopic (exact) mass is 283 g/mol. The molecule has 21 heavy (non-hydrogen) atoms. The molecule has 4 nitrogen and oxygen atoms in total. The summed E-state index contributed by atoms with van der Waals surface area (Å²) >= 11 is 0. The van der Waals surface area contributed by atoms with Crippen molar-refractivity contribution in [3.63, 3.8) is 0 Å². The standard InChI is InChI=1S/C17H21N3O/c1-5-13-8-9-14(21-13)15(17(2,3)4)20-16-12(11-18)7-6-10-19-16/h6-10,15H,5H2,1-4H3,(H,19,20). The lowest BCUT2D eigenvalue weighted by molar-refractivity contribution is 0.298. The zero-order chi connectivity index (χ0) is 15.5. The highest BCUT2D eigenvalue weighted by atomic mass is 16.3. The molecule has 0 aliphatic carbocycles. The zero-order valence-corrected chi connectivity index (χ0v) is 13.0. The third-order valence-electron chi connectivity index (χ3n) is 3.39. The number of rotatable bonds is 4. The van der Waals surface area contributed by atoms with Gasteiger partial charge in [-0.25, -0.2) is 4.98 Å².